The number of halogens is 1. The van der Waals surface area contributed by atoms with Crippen molar-refractivity contribution in [2.45, 2.75) is 37.2 Å². The number of carbonyl (C=O) groups is 2. The van der Waals surface area contributed by atoms with Crippen molar-refractivity contribution >= 4 is 27.5 Å². The molecule has 1 aromatic heterocycles. The highest BCUT2D eigenvalue weighted by molar-refractivity contribution is 7.89. The molecule has 0 aliphatic carbocycles. The molecule has 2 N–H and O–H groups in total. The van der Waals surface area contributed by atoms with Gasteiger partial charge in [-0.05, 0) is 55.0 Å². The fourth-order valence-corrected chi connectivity index (χ4v) is 4.36. The first-order valence-corrected chi connectivity index (χ1v) is 12.2. The standard InChI is InChI=1S/C24H26FN3O5S/c1-2-7-22(24(30)26-16-20-10-6-15-33-20)28(19-8-4-3-5-9-19)23(29)17-27-34(31,32)21-13-11-18(25)12-14-21/h3-6,8-15,22,27H,2,7,16-17H2,1H3,(H,26,30). The molecule has 2 amide bonds. The average Bonchev–Trinajstić information content (AvgIpc) is 3.36. The maximum atomic E-state index is 13.3. The molecule has 1 unspecified atom stereocenters. The van der Waals surface area contributed by atoms with Gasteiger partial charge in [0.1, 0.15) is 17.6 Å². The topological polar surface area (TPSA) is 109 Å². The van der Waals surface area contributed by atoms with E-state index in [9.17, 15) is 22.4 Å². The molecule has 10 heteroatoms. The van der Waals surface area contributed by atoms with Gasteiger partial charge in [-0.15, -0.1) is 0 Å². The second-order valence-corrected chi connectivity index (χ2v) is 9.25. The highest BCUT2D eigenvalue weighted by Gasteiger charge is 2.31. The lowest BCUT2D eigenvalue weighted by Gasteiger charge is -2.31. The molecule has 8 nitrogen and oxygen atoms in total. The zero-order chi connectivity index (χ0) is 24.6. The van der Waals surface area contributed by atoms with Crippen LogP contribution in [0.25, 0.3) is 0 Å². The zero-order valence-electron chi connectivity index (χ0n) is 18.6. The van der Waals surface area contributed by atoms with E-state index in [0.29, 0.717) is 24.3 Å². The van der Waals surface area contributed by atoms with Crippen molar-refractivity contribution in [1.82, 2.24) is 10.0 Å². The Morgan fingerprint density at radius 2 is 1.74 bits per heavy atom. The van der Waals surface area contributed by atoms with Gasteiger partial charge in [0, 0.05) is 5.69 Å². The number of anilines is 1. The SMILES string of the molecule is CCCC(C(=O)NCc1ccco1)N(C(=O)CNS(=O)(=O)c1ccc(F)cc1)c1ccccc1. The van der Waals surface area contributed by atoms with Gasteiger partial charge >= 0.3 is 0 Å². The van der Waals surface area contributed by atoms with Crippen LogP contribution in [0.3, 0.4) is 0 Å². The van der Waals surface area contributed by atoms with Crippen LogP contribution in [0.4, 0.5) is 10.1 Å². The molecule has 0 saturated carbocycles. The third kappa shape index (κ3) is 6.52. The molecular weight excluding hydrogens is 461 g/mol. The first-order chi connectivity index (χ1) is 16.3. The smallest absolute Gasteiger partial charge is 0.243 e. The van der Waals surface area contributed by atoms with Crippen LogP contribution in [0, 0.1) is 5.82 Å². The summed E-state index contributed by atoms with van der Waals surface area (Å²) >= 11 is 0. The molecule has 0 fully saturated rings. The van der Waals surface area contributed by atoms with Gasteiger partial charge in [-0.3, -0.25) is 14.5 Å². The van der Waals surface area contributed by atoms with Crippen molar-refractivity contribution in [3.05, 3.63) is 84.6 Å². The maximum absolute atomic E-state index is 13.3. The first kappa shape index (κ1) is 25.1. The molecular formula is C24H26FN3O5S. The summed E-state index contributed by atoms with van der Waals surface area (Å²) in [7, 11) is -4.06. The normalized spacial score (nSPS) is 12.2. The number of nitrogens with zero attached hydrogens (tertiary/aromatic N) is 1. The van der Waals surface area contributed by atoms with Gasteiger partial charge in [-0.1, -0.05) is 31.5 Å². The Labute approximate surface area is 197 Å². The second kappa shape index (κ2) is 11.6. The summed E-state index contributed by atoms with van der Waals surface area (Å²) in [6, 6.07) is 15.4. The Balaban J connectivity index is 1.81. The Kier molecular flexibility index (Phi) is 8.55. The minimum Gasteiger partial charge on any atom is -0.467 e. The van der Waals surface area contributed by atoms with Gasteiger partial charge in [0.05, 0.1) is 24.2 Å². The monoisotopic (exact) mass is 487 g/mol. The minimum atomic E-state index is -4.06. The number of para-hydroxylation sites is 1. The van der Waals surface area contributed by atoms with E-state index in [4.69, 9.17) is 4.42 Å². The molecule has 0 aliphatic rings. The van der Waals surface area contributed by atoms with Crippen LogP contribution in [0.5, 0.6) is 0 Å². The second-order valence-electron chi connectivity index (χ2n) is 7.48. The molecule has 34 heavy (non-hydrogen) atoms. The summed E-state index contributed by atoms with van der Waals surface area (Å²) in [5.41, 5.74) is 0.458. The molecule has 3 aromatic rings. The van der Waals surface area contributed by atoms with Gasteiger partial charge in [-0.2, -0.15) is 0 Å². The lowest BCUT2D eigenvalue weighted by molar-refractivity contribution is -0.126. The van der Waals surface area contributed by atoms with Crippen LogP contribution >= 0.6 is 0 Å². The highest BCUT2D eigenvalue weighted by Crippen LogP contribution is 2.20. The van der Waals surface area contributed by atoms with Crippen molar-refractivity contribution in [3.63, 3.8) is 0 Å². The predicted octanol–water partition coefficient (Wildman–Crippen LogP) is 3.22. The third-order valence-corrected chi connectivity index (χ3v) is 6.45. The molecule has 3 rings (SSSR count). The third-order valence-electron chi connectivity index (χ3n) is 5.03. The summed E-state index contributed by atoms with van der Waals surface area (Å²) in [6.45, 7) is 1.46. The van der Waals surface area contributed by atoms with Crippen LogP contribution in [0.1, 0.15) is 25.5 Å². The minimum absolute atomic E-state index is 0.153. The summed E-state index contributed by atoms with van der Waals surface area (Å²) in [6.07, 6.45) is 2.46. The number of sulfonamides is 1. The van der Waals surface area contributed by atoms with Crippen molar-refractivity contribution in [3.8, 4) is 0 Å². The summed E-state index contributed by atoms with van der Waals surface area (Å²) in [5.74, 6) is -1.01. The summed E-state index contributed by atoms with van der Waals surface area (Å²) in [5, 5.41) is 2.78. The number of amides is 2. The maximum Gasteiger partial charge on any atom is 0.243 e. The van der Waals surface area contributed by atoms with Crippen molar-refractivity contribution < 1.29 is 26.8 Å². The Bertz CT molecular complexity index is 1180. The van der Waals surface area contributed by atoms with E-state index in [2.05, 4.69) is 10.0 Å². The first-order valence-electron chi connectivity index (χ1n) is 10.7. The number of benzene rings is 2. The Hall–Kier alpha value is -3.50. The van der Waals surface area contributed by atoms with Crippen LogP contribution in [-0.4, -0.2) is 32.8 Å². The van der Waals surface area contributed by atoms with Gasteiger partial charge in [0.25, 0.3) is 0 Å². The number of nitrogens with one attached hydrogen (secondary N) is 2. The zero-order valence-corrected chi connectivity index (χ0v) is 19.4. The van der Waals surface area contributed by atoms with E-state index in [1.807, 2.05) is 6.92 Å². The molecule has 2 aromatic carbocycles. The highest BCUT2D eigenvalue weighted by atomic mass is 32.2. The summed E-state index contributed by atoms with van der Waals surface area (Å²) < 4.78 is 45.8. The number of rotatable bonds is 11. The van der Waals surface area contributed by atoms with Crippen LogP contribution in [0.2, 0.25) is 0 Å². The molecule has 180 valence electrons. The number of carbonyl (C=O) groups excluding carboxylic acids is 2. The summed E-state index contributed by atoms with van der Waals surface area (Å²) in [4.78, 5) is 27.5. The lowest BCUT2D eigenvalue weighted by atomic mass is 10.1. The van der Waals surface area contributed by atoms with Gasteiger partial charge in [0.15, 0.2) is 0 Å². The largest absolute Gasteiger partial charge is 0.467 e. The fourth-order valence-electron chi connectivity index (χ4n) is 3.38. The van der Waals surface area contributed by atoms with Crippen LogP contribution in [-0.2, 0) is 26.2 Å². The molecule has 0 aliphatic heterocycles. The van der Waals surface area contributed by atoms with E-state index < -0.39 is 40.2 Å². The molecule has 0 bridgehead atoms. The molecule has 0 saturated heterocycles. The molecule has 0 spiro atoms. The Morgan fingerprint density at radius 1 is 1.03 bits per heavy atom. The van der Waals surface area contributed by atoms with Crippen LogP contribution in [0.15, 0.2) is 82.3 Å². The molecule has 1 atom stereocenters. The van der Waals surface area contributed by atoms with Crippen molar-refractivity contribution in [2.75, 3.05) is 11.4 Å². The van der Waals surface area contributed by atoms with E-state index in [-0.39, 0.29) is 11.4 Å². The average molecular weight is 488 g/mol. The number of hydrogen-bond acceptors (Lipinski definition) is 5. The predicted molar refractivity (Wildman–Crippen MR) is 125 cm³/mol. The quantitative estimate of drug-likeness (QED) is 0.432. The lowest BCUT2D eigenvalue weighted by Crippen LogP contribution is -2.52. The van der Waals surface area contributed by atoms with Crippen molar-refractivity contribution in [2.24, 2.45) is 0 Å². The molecule has 0 radical (unpaired) electrons. The van der Waals surface area contributed by atoms with E-state index in [1.165, 1.54) is 11.2 Å². The van der Waals surface area contributed by atoms with Gasteiger partial charge in [0.2, 0.25) is 21.8 Å². The number of furan rings is 1. The van der Waals surface area contributed by atoms with E-state index in [1.54, 1.807) is 42.5 Å². The van der Waals surface area contributed by atoms with Gasteiger partial charge < -0.3 is 9.73 Å². The van der Waals surface area contributed by atoms with E-state index in [0.717, 1.165) is 24.3 Å². The van der Waals surface area contributed by atoms with E-state index >= 15 is 0 Å². The fraction of sp³-hybridized carbons (Fsp3) is 0.250. The Morgan fingerprint density at radius 3 is 2.35 bits per heavy atom. The number of hydrogen-bond donors (Lipinski definition) is 2. The van der Waals surface area contributed by atoms with Gasteiger partial charge in [-0.25, -0.2) is 17.5 Å². The van der Waals surface area contributed by atoms with Crippen LogP contribution < -0.4 is 14.9 Å². The molecule has 1 heterocycles. The van der Waals surface area contributed by atoms with Crippen molar-refractivity contribution in [1.29, 1.82) is 0 Å².